The molecule has 0 aliphatic carbocycles. The van der Waals surface area contributed by atoms with Crippen LogP contribution in [0.5, 0.6) is 0 Å². The van der Waals surface area contributed by atoms with Crippen LogP contribution in [0, 0.1) is 6.92 Å². The molecule has 0 amide bonds. The number of nitrogens with one attached hydrogen (secondary N) is 1. The molecule has 114 valence electrons. The molecule has 0 saturated heterocycles. The monoisotopic (exact) mass is 286 g/mol. The Kier molecular flexibility index (Phi) is 5.45. The van der Waals surface area contributed by atoms with Crippen molar-refractivity contribution in [1.82, 2.24) is 5.32 Å². The van der Waals surface area contributed by atoms with Crippen LogP contribution < -0.4 is 10.2 Å². The van der Waals surface area contributed by atoms with E-state index in [0.29, 0.717) is 0 Å². The van der Waals surface area contributed by atoms with E-state index in [1.807, 2.05) is 19.1 Å². The summed E-state index contributed by atoms with van der Waals surface area (Å²) in [5.41, 5.74) is 2.58. The van der Waals surface area contributed by atoms with Gasteiger partial charge in [-0.1, -0.05) is 12.1 Å². The zero-order chi connectivity index (χ0) is 15.2. The van der Waals surface area contributed by atoms with Gasteiger partial charge in [-0.3, -0.25) is 0 Å². The second-order valence-electron chi connectivity index (χ2n) is 5.39. The van der Waals surface area contributed by atoms with Crippen LogP contribution in [0.1, 0.15) is 43.9 Å². The molecule has 2 rings (SSSR count). The summed E-state index contributed by atoms with van der Waals surface area (Å²) in [6.07, 6.45) is 0. The van der Waals surface area contributed by atoms with Gasteiger partial charge in [-0.25, -0.2) is 0 Å². The van der Waals surface area contributed by atoms with Crippen LogP contribution in [0.25, 0.3) is 0 Å². The third-order valence-electron chi connectivity index (χ3n) is 3.87. The van der Waals surface area contributed by atoms with E-state index >= 15 is 0 Å². The molecule has 1 heterocycles. The molecule has 0 bridgehead atoms. The quantitative estimate of drug-likeness (QED) is 0.823. The van der Waals surface area contributed by atoms with Crippen molar-refractivity contribution < 1.29 is 4.42 Å². The molecule has 0 saturated carbocycles. The van der Waals surface area contributed by atoms with E-state index in [9.17, 15) is 0 Å². The fourth-order valence-electron chi connectivity index (χ4n) is 2.47. The third kappa shape index (κ3) is 4.11. The highest BCUT2D eigenvalue weighted by molar-refractivity contribution is 5.47. The molecule has 0 spiro atoms. The molecule has 0 aliphatic heterocycles. The van der Waals surface area contributed by atoms with Gasteiger partial charge in [-0.2, -0.15) is 0 Å². The fourth-order valence-corrected chi connectivity index (χ4v) is 2.47. The highest BCUT2D eigenvalue weighted by Crippen LogP contribution is 2.18. The van der Waals surface area contributed by atoms with Gasteiger partial charge in [-0.15, -0.1) is 0 Å². The maximum Gasteiger partial charge on any atom is 0.120 e. The van der Waals surface area contributed by atoms with Gasteiger partial charge in [0.2, 0.25) is 0 Å². The second kappa shape index (κ2) is 7.32. The van der Waals surface area contributed by atoms with E-state index in [1.165, 1.54) is 11.3 Å². The molecule has 1 atom stereocenters. The summed E-state index contributed by atoms with van der Waals surface area (Å²) in [5, 5.41) is 3.50. The Bertz CT molecular complexity index is 541. The van der Waals surface area contributed by atoms with Crippen molar-refractivity contribution in [3.05, 3.63) is 53.5 Å². The molecule has 0 aliphatic rings. The lowest BCUT2D eigenvalue weighted by Gasteiger charge is -2.21. The zero-order valence-corrected chi connectivity index (χ0v) is 13.5. The standard InChI is InChI=1S/C18H26N2O/c1-5-20(6-2)17-10-8-16(9-11-17)13-19-15(4)18-12-7-14(3)21-18/h7-12,15,19H,5-6,13H2,1-4H3. The first kappa shape index (κ1) is 15.6. The predicted octanol–water partition coefficient (Wildman–Crippen LogP) is 4.29. The minimum atomic E-state index is 0.223. The van der Waals surface area contributed by atoms with Gasteiger partial charge in [0.15, 0.2) is 0 Å². The Morgan fingerprint density at radius 1 is 1.05 bits per heavy atom. The number of hydrogen-bond acceptors (Lipinski definition) is 3. The van der Waals surface area contributed by atoms with Gasteiger partial charge >= 0.3 is 0 Å². The van der Waals surface area contributed by atoms with Crippen molar-refractivity contribution in [3.8, 4) is 0 Å². The molecule has 21 heavy (non-hydrogen) atoms. The van der Waals surface area contributed by atoms with Crippen molar-refractivity contribution in [2.45, 2.75) is 40.3 Å². The molecule has 1 aromatic heterocycles. The summed E-state index contributed by atoms with van der Waals surface area (Å²) in [6, 6.07) is 13.1. The summed E-state index contributed by atoms with van der Waals surface area (Å²) >= 11 is 0. The van der Waals surface area contributed by atoms with E-state index in [4.69, 9.17) is 4.42 Å². The number of anilines is 1. The lowest BCUT2D eigenvalue weighted by molar-refractivity contribution is 0.416. The summed E-state index contributed by atoms with van der Waals surface area (Å²) in [4.78, 5) is 2.35. The van der Waals surface area contributed by atoms with Crippen LogP contribution in [0.3, 0.4) is 0 Å². The third-order valence-corrected chi connectivity index (χ3v) is 3.87. The average molecular weight is 286 g/mol. The molecule has 0 radical (unpaired) electrons. The van der Waals surface area contributed by atoms with Gasteiger partial charge < -0.3 is 14.6 Å². The Hall–Kier alpha value is -1.74. The maximum atomic E-state index is 5.64. The number of hydrogen-bond donors (Lipinski definition) is 1. The fraction of sp³-hybridized carbons (Fsp3) is 0.444. The average Bonchev–Trinajstić information content (AvgIpc) is 2.94. The van der Waals surface area contributed by atoms with E-state index < -0.39 is 0 Å². The van der Waals surface area contributed by atoms with Crippen LogP contribution in [0.2, 0.25) is 0 Å². The van der Waals surface area contributed by atoms with Crippen molar-refractivity contribution in [2.24, 2.45) is 0 Å². The van der Waals surface area contributed by atoms with Crippen molar-refractivity contribution in [1.29, 1.82) is 0 Å². The molecule has 1 unspecified atom stereocenters. The van der Waals surface area contributed by atoms with E-state index in [1.54, 1.807) is 0 Å². The van der Waals surface area contributed by atoms with Gasteiger partial charge in [0.05, 0.1) is 6.04 Å². The van der Waals surface area contributed by atoms with Crippen LogP contribution in [-0.2, 0) is 6.54 Å². The number of benzene rings is 1. The van der Waals surface area contributed by atoms with Crippen LogP contribution in [-0.4, -0.2) is 13.1 Å². The van der Waals surface area contributed by atoms with Gasteiger partial charge in [0, 0.05) is 25.3 Å². The number of furan rings is 1. The molecule has 3 nitrogen and oxygen atoms in total. The lowest BCUT2D eigenvalue weighted by Crippen LogP contribution is -2.22. The van der Waals surface area contributed by atoms with E-state index in [0.717, 1.165) is 31.2 Å². The maximum absolute atomic E-state index is 5.64. The first-order valence-electron chi connectivity index (χ1n) is 7.77. The largest absolute Gasteiger partial charge is 0.465 e. The van der Waals surface area contributed by atoms with Crippen LogP contribution in [0.4, 0.5) is 5.69 Å². The molecular formula is C18H26N2O. The summed E-state index contributed by atoms with van der Waals surface area (Å²) in [5.74, 6) is 1.95. The first-order valence-corrected chi connectivity index (χ1v) is 7.77. The molecular weight excluding hydrogens is 260 g/mol. The summed E-state index contributed by atoms with van der Waals surface area (Å²) in [7, 11) is 0. The minimum absolute atomic E-state index is 0.223. The predicted molar refractivity (Wildman–Crippen MR) is 88.7 cm³/mol. The number of rotatable bonds is 7. The molecule has 1 N–H and O–H groups in total. The van der Waals surface area contributed by atoms with Crippen molar-refractivity contribution in [3.63, 3.8) is 0 Å². The lowest BCUT2D eigenvalue weighted by atomic mass is 10.1. The van der Waals surface area contributed by atoms with Gasteiger partial charge in [0.25, 0.3) is 0 Å². The van der Waals surface area contributed by atoms with Crippen LogP contribution in [0.15, 0.2) is 40.8 Å². The molecule has 0 fully saturated rings. The Morgan fingerprint density at radius 2 is 1.71 bits per heavy atom. The highest BCUT2D eigenvalue weighted by atomic mass is 16.3. The van der Waals surface area contributed by atoms with E-state index in [2.05, 4.69) is 55.3 Å². The van der Waals surface area contributed by atoms with Crippen molar-refractivity contribution >= 4 is 5.69 Å². The number of aryl methyl sites for hydroxylation is 1. The van der Waals surface area contributed by atoms with Gasteiger partial charge in [-0.05, 0) is 57.5 Å². The second-order valence-corrected chi connectivity index (χ2v) is 5.39. The van der Waals surface area contributed by atoms with E-state index in [-0.39, 0.29) is 6.04 Å². The summed E-state index contributed by atoms with van der Waals surface area (Å²) < 4.78 is 5.64. The Labute approximate surface area is 128 Å². The SMILES string of the molecule is CCN(CC)c1ccc(CNC(C)c2ccc(C)o2)cc1. The topological polar surface area (TPSA) is 28.4 Å². The Morgan fingerprint density at radius 3 is 2.24 bits per heavy atom. The molecule has 1 aromatic carbocycles. The first-order chi connectivity index (χ1) is 10.1. The molecule has 2 aromatic rings. The zero-order valence-electron chi connectivity index (χ0n) is 13.5. The smallest absolute Gasteiger partial charge is 0.120 e. The van der Waals surface area contributed by atoms with Gasteiger partial charge in [0.1, 0.15) is 11.5 Å². The number of nitrogens with zero attached hydrogens (tertiary/aromatic N) is 1. The van der Waals surface area contributed by atoms with Crippen LogP contribution >= 0.6 is 0 Å². The molecule has 3 heteroatoms. The Balaban J connectivity index is 1.91. The summed E-state index contributed by atoms with van der Waals surface area (Å²) in [6.45, 7) is 11.4. The minimum Gasteiger partial charge on any atom is -0.465 e. The van der Waals surface area contributed by atoms with Crippen molar-refractivity contribution in [2.75, 3.05) is 18.0 Å². The highest BCUT2D eigenvalue weighted by Gasteiger charge is 2.09. The normalized spacial score (nSPS) is 12.4.